The van der Waals surface area contributed by atoms with Gasteiger partial charge in [0.05, 0.1) is 6.04 Å². The summed E-state index contributed by atoms with van der Waals surface area (Å²) in [5, 5.41) is 3.73. The van der Waals surface area contributed by atoms with Gasteiger partial charge in [0.15, 0.2) is 0 Å². The van der Waals surface area contributed by atoms with Crippen molar-refractivity contribution in [3.8, 4) is 0 Å². The van der Waals surface area contributed by atoms with Crippen LogP contribution in [-0.2, 0) is 4.79 Å². The van der Waals surface area contributed by atoms with Crippen molar-refractivity contribution in [3.63, 3.8) is 0 Å². The lowest BCUT2D eigenvalue weighted by Crippen LogP contribution is -2.47. The second kappa shape index (κ2) is 7.27. The Labute approximate surface area is 109 Å². The average molecular weight is 258 g/mol. The Hall–Kier alpha value is -0.220. The molecule has 2 unspecified atom stereocenters. The number of hydrogen-bond acceptors (Lipinski definition) is 3. The second-order valence-electron chi connectivity index (χ2n) is 5.28. The predicted molar refractivity (Wildman–Crippen MR) is 75.1 cm³/mol. The second-order valence-corrected chi connectivity index (χ2v) is 6.79. The molecular formula is C13H26N2OS. The highest BCUT2D eigenvalue weighted by Gasteiger charge is 2.29. The molecule has 0 aromatic heterocycles. The molecular weight excluding hydrogens is 232 g/mol. The minimum atomic E-state index is -0.345. The van der Waals surface area contributed by atoms with Gasteiger partial charge in [-0.05, 0) is 30.9 Å². The summed E-state index contributed by atoms with van der Waals surface area (Å²) in [6.07, 6.45) is 4.33. The van der Waals surface area contributed by atoms with Crippen LogP contribution in [0.3, 0.4) is 0 Å². The molecule has 3 atom stereocenters. The summed E-state index contributed by atoms with van der Waals surface area (Å²) in [5.74, 6) is 1.63. The molecule has 17 heavy (non-hydrogen) atoms. The number of carbonyl (C=O) groups excluding carboxylic acids is 1. The van der Waals surface area contributed by atoms with Crippen LogP contribution in [0.5, 0.6) is 0 Å². The molecule has 0 saturated heterocycles. The Bertz CT molecular complexity index is 246. The summed E-state index contributed by atoms with van der Waals surface area (Å²) in [4.78, 5) is 11.9. The van der Waals surface area contributed by atoms with E-state index in [0.717, 1.165) is 18.6 Å². The van der Waals surface area contributed by atoms with Crippen LogP contribution in [0.4, 0.5) is 0 Å². The topological polar surface area (TPSA) is 55.1 Å². The molecule has 0 aliphatic heterocycles. The van der Waals surface area contributed by atoms with Gasteiger partial charge in [-0.25, -0.2) is 0 Å². The largest absolute Gasteiger partial charge is 0.351 e. The van der Waals surface area contributed by atoms with E-state index in [0.29, 0.717) is 17.2 Å². The maximum absolute atomic E-state index is 11.9. The molecule has 1 saturated carbocycles. The molecule has 1 amide bonds. The van der Waals surface area contributed by atoms with Gasteiger partial charge in [-0.1, -0.05) is 27.2 Å². The summed E-state index contributed by atoms with van der Waals surface area (Å²) in [7, 11) is 0. The van der Waals surface area contributed by atoms with Gasteiger partial charge in [0.2, 0.25) is 5.91 Å². The van der Waals surface area contributed by atoms with Gasteiger partial charge in [0.1, 0.15) is 0 Å². The third-order valence-corrected chi connectivity index (χ3v) is 4.55. The molecule has 1 aliphatic carbocycles. The molecule has 0 heterocycles. The van der Waals surface area contributed by atoms with E-state index >= 15 is 0 Å². The maximum atomic E-state index is 11.9. The van der Waals surface area contributed by atoms with E-state index in [1.807, 2.05) is 11.8 Å². The molecule has 0 aromatic carbocycles. The zero-order valence-electron chi connectivity index (χ0n) is 11.2. The van der Waals surface area contributed by atoms with Gasteiger partial charge in [0.25, 0.3) is 0 Å². The molecule has 1 fully saturated rings. The van der Waals surface area contributed by atoms with Gasteiger partial charge in [-0.2, -0.15) is 11.8 Å². The Kier molecular flexibility index (Phi) is 6.34. The van der Waals surface area contributed by atoms with Crippen LogP contribution in [0.15, 0.2) is 0 Å². The van der Waals surface area contributed by atoms with E-state index in [2.05, 4.69) is 26.1 Å². The van der Waals surface area contributed by atoms with Gasteiger partial charge in [0, 0.05) is 11.3 Å². The third kappa shape index (κ3) is 4.88. The first kappa shape index (κ1) is 14.8. The molecule has 0 bridgehead atoms. The zero-order chi connectivity index (χ0) is 12.8. The number of rotatable bonds is 6. The van der Waals surface area contributed by atoms with Gasteiger partial charge < -0.3 is 11.1 Å². The number of thioether (sulfide) groups is 1. The smallest absolute Gasteiger partial charge is 0.237 e. The summed E-state index contributed by atoms with van der Waals surface area (Å²) < 4.78 is 0. The fraction of sp³-hybridized carbons (Fsp3) is 0.923. The van der Waals surface area contributed by atoms with Crippen LogP contribution in [0.1, 0.15) is 46.5 Å². The number of nitrogens with one attached hydrogen (secondary N) is 1. The Morgan fingerprint density at radius 1 is 1.47 bits per heavy atom. The van der Waals surface area contributed by atoms with Crippen molar-refractivity contribution in [2.75, 3.05) is 5.75 Å². The number of carbonyl (C=O) groups is 1. The lowest BCUT2D eigenvalue weighted by Gasteiger charge is -2.22. The zero-order valence-corrected chi connectivity index (χ0v) is 12.1. The average Bonchev–Trinajstić information content (AvgIpc) is 2.65. The first-order valence-electron chi connectivity index (χ1n) is 6.72. The minimum Gasteiger partial charge on any atom is -0.351 e. The van der Waals surface area contributed by atoms with E-state index in [4.69, 9.17) is 5.73 Å². The van der Waals surface area contributed by atoms with Gasteiger partial charge >= 0.3 is 0 Å². The molecule has 0 radical (unpaired) electrons. The molecule has 3 nitrogen and oxygen atoms in total. The quantitative estimate of drug-likeness (QED) is 0.767. The summed E-state index contributed by atoms with van der Waals surface area (Å²) >= 11 is 1.96. The lowest BCUT2D eigenvalue weighted by atomic mass is 10.0. The SMILES string of the molecule is CCSC1CCCC1NC(=O)[C@H](N)CC(C)C. The standard InChI is InChI=1S/C13H26N2OS/c1-4-17-12-7-5-6-11(12)15-13(16)10(14)8-9(2)3/h9-12H,4-8,14H2,1-3H3,(H,15,16)/t10-,11?,12?/m1/s1. The van der Waals surface area contributed by atoms with Gasteiger partial charge in [-0.3, -0.25) is 4.79 Å². The van der Waals surface area contributed by atoms with Gasteiger partial charge in [-0.15, -0.1) is 0 Å². The predicted octanol–water partition coefficient (Wildman–Crippen LogP) is 2.15. The fourth-order valence-electron chi connectivity index (χ4n) is 2.41. The summed E-state index contributed by atoms with van der Waals surface area (Å²) in [6.45, 7) is 6.36. The van der Waals surface area contributed by atoms with Crippen molar-refractivity contribution in [2.24, 2.45) is 11.7 Å². The van der Waals surface area contributed by atoms with Crippen molar-refractivity contribution < 1.29 is 4.79 Å². The van der Waals surface area contributed by atoms with Crippen LogP contribution >= 0.6 is 11.8 Å². The Morgan fingerprint density at radius 2 is 2.18 bits per heavy atom. The highest BCUT2D eigenvalue weighted by molar-refractivity contribution is 7.99. The van der Waals surface area contributed by atoms with E-state index in [1.54, 1.807) is 0 Å². The minimum absolute atomic E-state index is 0.0345. The van der Waals surface area contributed by atoms with Crippen LogP contribution in [-0.4, -0.2) is 29.0 Å². The fourth-order valence-corrected chi connectivity index (χ4v) is 3.61. The third-order valence-electron chi connectivity index (χ3n) is 3.22. The van der Waals surface area contributed by atoms with E-state index in [-0.39, 0.29) is 11.9 Å². The molecule has 1 aliphatic rings. The van der Waals surface area contributed by atoms with E-state index in [9.17, 15) is 4.79 Å². The molecule has 100 valence electrons. The van der Waals surface area contributed by atoms with Crippen molar-refractivity contribution in [1.29, 1.82) is 0 Å². The molecule has 4 heteroatoms. The van der Waals surface area contributed by atoms with E-state index in [1.165, 1.54) is 12.8 Å². The Balaban J connectivity index is 2.39. The van der Waals surface area contributed by atoms with Crippen molar-refractivity contribution in [3.05, 3.63) is 0 Å². The van der Waals surface area contributed by atoms with Crippen LogP contribution in [0.2, 0.25) is 0 Å². The molecule has 0 aromatic rings. The van der Waals surface area contributed by atoms with Crippen molar-refractivity contribution in [2.45, 2.75) is 63.8 Å². The number of amides is 1. The monoisotopic (exact) mass is 258 g/mol. The summed E-state index contributed by atoms with van der Waals surface area (Å²) in [5.41, 5.74) is 5.90. The van der Waals surface area contributed by atoms with Crippen LogP contribution in [0, 0.1) is 5.92 Å². The first-order chi connectivity index (χ1) is 8.04. The van der Waals surface area contributed by atoms with Crippen molar-refractivity contribution in [1.82, 2.24) is 5.32 Å². The number of hydrogen-bond donors (Lipinski definition) is 2. The molecule has 1 rings (SSSR count). The Morgan fingerprint density at radius 3 is 2.76 bits per heavy atom. The van der Waals surface area contributed by atoms with E-state index < -0.39 is 0 Å². The maximum Gasteiger partial charge on any atom is 0.237 e. The molecule has 0 spiro atoms. The van der Waals surface area contributed by atoms with Crippen LogP contribution in [0.25, 0.3) is 0 Å². The number of nitrogens with two attached hydrogens (primary N) is 1. The highest BCUT2D eigenvalue weighted by Crippen LogP contribution is 2.29. The molecule has 3 N–H and O–H groups in total. The normalized spacial score (nSPS) is 26.2. The highest BCUT2D eigenvalue weighted by atomic mass is 32.2. The lowest BCUT2D eigenvalue weighted by molar-refractivity contribution is -0.123. The van der Waals surface area contributed by atoms with Crippen molar-refractivity contribution >= 4 is 17.7 Å². The first-order valence-corrected chi connectivity index (χ1v) is 7.77. The summed E-state index contributed by atoms with van der Waals surface area (Å²) in [6, 6.07) is -0.00598. The van der Waals surface area contributed by atoms with Crippen LogP contribution < -0.4 is 11.1 Å².